The zero-order valence-corrected chi connectivity index (χ0v) is 12.3. The van der Waals surface area contributed by atoms with Gasteiger partial charge >= 0.3 is 5.97 Å². The monoisotopic (exact) mass is 311 g/mol. The fourth-order valence-electron chi connectivity index (χ4n) is 2.47. The lowest BCUT2D eigenvalue weighted by Crippen LogP contribution is -2.29. The van der Waals surface area contributed by atoms with Crippen LogP contribution in [-0.4, -0.2) is 27.8 Å². The number of amides is 2. The van der Waals surface area contributed by atoms with Crippen LogP contribution in [0.2, 0.25) is 0 Å². The van der Waals surface area contributed by atoms with Crippen LogP contribution in [0, 0.1) is 0 Å². The van der Waals surface area contributed by atoms with Gasteiger partial charge in [0.2, 0.25) is 0 Å². The molecule has 1 heterocycles. The minimum atomic E-state index is -0.498. The second-order valence-corrected chi connectivity index (χ2v) is 5.13. The van der Waals surface area contributed by atoms with Crippen molar-refractivity contribution < 1.29 is 24.2 Å². The second-order valence-electron chi connectivity index (χ2n) is 5.13. The van der Waals surface area contributed by atoms with Crippen molar-refractivity contribution in [2.45, 2.75) is 13.5 Å². The third kappa shape index (κ3) is 2.66. The molecule has 0 bridgehead atoms. The summed E-state index contributed by atoms with van der Waals surface area (Å²) in [5.74, 6) is -1.17. The van der Waals surface area contributed by atoms with Gasteiger partial charge < -0.3 is 9.84 Å². The van der Waals surface area contributed by atoms with Crippen molar-refractivity contribution in [2.24, 2.45) is 0 Å². The number of imide groups is 1. The van der Waals surface area contributed by atoms with E-state index >= 15 is 0 Å². The molecule has 1 N–H and O–H groups in total. The SMILES string of the molecule is CC(=O)Oc1ccc(O)c(CN2C(=O)c3ccccc3C2=O)c1. The molecule has 1 aliphatic heterocycles. The number of fused-ring (bicyclic) bond motifs is 1. The minimum Gasteiger partial charge on any atom is -0.508 e. The summed E-state index contributed by atoms with van der Waals surface area (Å²) in [4.78, 5) is 36.7. The normalized spacial score (nSPS) is 13.2. The zero-order valence-electron chi connectivity index (χ0n) is 12.3. The van der Waals surface area contributed by atoms with Crippen molar-refractivity contribution in [3.8, 4) is 11.5 Å². The average molecular weight is 311 g/mol. The van der Waals surface area contributed by atoms with E-state index in [1.165, 1.54) is 25.1 Å². The molecule has 1 aliphatic rings. The van der Waals surface area contributed by atoms with E-state index in [0.717, 1.165) is 4.90 Å². The lowest BCUT2D eigenvalue weighted by molar-refractivity contribution is -0.131. The van der Waals surface area contributed by atoms with E-state index in [1.54, 1.807) is 24.3 Å². The Labute approximate surface area is 131 Å². The van der Waals surface area contributed by atoms with Crippen molar-refractivity contribution in [1.82, 2.24) is 4.90 Å². The number of aromatic hydroxyl groups is 1. The Morgan fingerprint density at radius 1 is 1.09 bits per heavy atom. The van der Waals surface area contributed by atoms with Gasteiger partial charge in [-0.2, -0.15) is 0 Å². The first-order chi connectivity index (χ1) is 11.0. The van der Waals surface area contributed by atoms with Crippen molar-refractivity contribution in [2.75, 3.05) is 0 Å². The Hall–Kier alpha value is -3.15. The number of carbonyl (C=O) groups excluding carboxylic acids is 3. The summed E-state index contributed by atoms with van der Waals surface area (Å²) < 4.78 is 4.95. The molecule has 6 nitrogen and oxygen atoms in total. The summed E-state index contributed by atoms with van der Waals surface area (Å²) in [5.41, 5.74) is 1.000. The molecule has 0 atom stereocenters. The zero-order chi connectivity index (χ0) is 16.6. The molecular weight excluding hydrogens is 298 g/mol. The number of phenolic OH excluding ortho intramolecular Hbond substituents is 1. The fraction of sp³-hybridized carbons (Fsp3) is 0.118. The Morgan fingerprint density at radius 2 is 1.70 bits per heavy atom. The number of hydrogen-bond donors (Lipinski definition) is 1. The number of phenols is 1. The highest BCUT2D eigenvalue weighted by Crippen LogP contribution is 2.29. The van der Waals surface area contributed by atoms with Crippen LogP contribution in [0.4, 0.5) is 0 Å². The smallest absolute Gasteiger partial charge is 0.308 e. The van der Waals surface area contributed by atoms with Gasteiger partial charge in [0.15, 0.2) is 0 Å². The maximum atomic E-state index is 12.3. The average Bonchev–Trinajstić information content (AvgIpc) is 2.75. The molecule has 0 spiro atoms. The molecule has 116 valence electrons. The summed E-state index contributed by atoms with van der Waals surface area (Å²) in [6.45, 7) is 1.16. The predicted molar refractivity (Wildman–Crippen MR) is 80.1 cm³/mol. The first-order valence-corrected chi connectivity index (χ1v) is 6.93. The van der Waals surface area contributed by atoms with E-state index in [1.807, 2.05) is 0 Å². The van der Waals surface area contributed by atoms with Gasteiger partial charge in [-0.05, 0) is 30.3 Å². The van der Waals surface area contributed by atoms with E-state index in [0.29, 0.717) is 16.7 Å². The summed E-state index contributed by atoms with van der Waals surface area (Å²) >= 11 is 0. The number of carbonyl (C=O) groups is 3. The van der Waals surface area contributed by atoms with Gasteiger partial charge in [0.1, 0.15) is 11.5 Å². The van der Waals surface area contributed by atoms with Gasteiger partial charge in [-0.3, -0.25) is 19.3 Å². The Morgan fingerprint density at radius 3 is 2.26 bits per heavy atom. The number of ether oxygens (including phenoxy) is 1. The molecule has 2 amide bonds. The Bertz CT molecular complexity index is 792. The van der Waals surface area contributed by atoms with Crippen LogP contribution in [0.1, 0.15) is 33.2 Å². The number of nitrogens with zero attached hydrogens (tertiary/aromatic N) is 1. The van der Waals surface area contributed by atoms with Gasteiger partial charge in [-0.25, -0.2) is 0 Å². The molecule has 2 aromatic rings. The first-order valence-electron chi connectivity index (χ1n) is 6.93. The largest absolute Gasteiger partial charge is 0.508 e. The molecule has 0 unspecified atom stereocenters. The number of rotatable bonds is 3. The maximum Gasteiger partial charge on any atom is 0.308 e. The highest BCUT2D eigenvalue weighted by atomic mass is 16.5. The van der Waals surface area contributed by atoms with Crippen LogP contribution >= 0.6 is 0 Å². The van der Waals surface area contributed by atoms with Crippen molar-refractivity contribution in [3.63, 3.8) is 0 Å². The molecule has 0 radical (unpaired) electrons. The molecule has 23 heavy (non-hydrogen) atoms. The van der Waals surface area contributed by atoms with Crippen LogP contribution in [0.25, 0.3) is 0 Å². The lowest BCUT2D eigenvalue weighted by Gasteiger charge is -2.15. The highest BCUT2D eigenvalue weighted by Gasteiger charge is 2.35. The van der Waals surface area contributed by atoms with Crippen LogP contribution in [-0.2, 0) is 11.3 Å². The van der Waals surface area contributed by atoms with Crippen molar-refractivity contribution in [1.29, 1.82) is 0 Å². The summed E-state index contributed by atoms with van der Waals surface area (Å²) in [6.07, 6.45) is 0. The molecule has 0 saturated heterocycles. The van der Waals surface area contributed by atoms with Crippen LogP contribution in [0.3, 0.4) is 0 Å². The fourth-order valence-corrected chi connectivity index (χ4v) is 2.47. The molecule has 0 fully saturated rings. The molecule has 0 aliphatic carbocycles. The summed E-state index contributed by atoms with van der Waals surface area (Å²) in [7, 11) is 0. The second kappa shape index (κ2) is 5.57. The van der Waals surface area contributed by atoms with Gasteiger partial charge in [-0.1, -0.05) is 12.1 Å². The third-order valence-corrected chi connectivity index (χ3v) is 3.52. The summed E-state index contributed by atoms with van der Waals surface area (Å²) in [6, 6.07) is 10.8. The van der Waals surface area contributed by atoms with Gasteiger partial charge in [0, 0.05) is 12.5 Å². The molecule has 0 aromatic heterocycles. The van der Waals surface area contributed by atoms with Crippen LogP contribution in [0.5, 0.6) is 11.5 Å². The predicted octanol–water partition coefficient (Wildman–Crippen LogP) is 2.11. The number of hydrogen-bond acceptors (Lipinski definition) is 5. The molecule has 3 rings (SSSR count). The molecule has 0 saturated carbocycles. The van der Waals surface area contributed by atoms with Crippen LogP contribution < -0.4 is 4.74 Å². The molecule has 2 aromatic carbocycles. The maximum absolute atomic E-state index is 12.3. The third-order valence-electron chi connectivity index (χ3n) is 3.52. The van der Waals surface area contributed by atoms with Gasteiger partial charge in [-0.15, -0.1) is 0 Å². The number of benzene rings is 2. The van der Waals surface area contributed by atoms with Crippen LogP contribution in [0.15, 0.2) is 42.5 Å². The standard InChI is InChI=1S/C17H13NO5/c1-10(19)23-12-6-7-15(20)11(8-12)9-18-16(21)13-4-2-3-5-14(13)17(18)22/h2-8,20H,9H2,1H3. The Kier molecular flexibility index (Phi) is 3.57. The van der Waals surface area contributed by atoms with E-state index < -0.39 is 17.8 Å². The summed E-state index contributed by atoms with van der Waals surface area (Å²) in [5, 5.41) is 9.93. The van der Waals surface area contributed by atoms with E-state index in [4.69, 9.17) is 4.74 Å². The van der Waals surface area contributed by atoms with Crippen molar-refractivity contribution >= 4 is 17.8 Å². The molecule has 6 heteroatoms. The number of esters is 1. The van der Waals surface area contributed by atoms with E-state index in [-0.39, 0.29) is 18.0 Å². The minimum absolute atomic E-state index is 0.0857. The van der Waals surface area contributed by atoms with Gasteiger partial charge in [0.25, 0.3) is 11.8 Å². The van der Waals surface area contributed by atoms with E-state index in [9.17, 15) is 19.5 Å². The quantitative estimate of drug-likeness (QED) is 0.533. The van der Waals surface area contributed by atoms with Gasteiger partial charge in [0.05, 0.1) is 17.7 Å². The van der Waals surface area contributed by atoms with E-state index in [2.05, 4.69) is 0 Å². The molecular formula is C17H13NO5. The lowest BCUT2D eigenvalue weighted by atomic mass is 10.1. The van der Waals surface area contributed by atoms with Crippen molar-refractivity contribution in [3.05, 3.63) is 59.2 Å². The highest BCUT2D eigenvalue weighted by molar-refractivity contribution is 6.21. The first kappa shape index (κ1) is 14.8. The Balaban J connectivity index is 1.90. The topological polar surface area (TPSA) is 83.9 Å².